The second-order valence-corrected chi connectivity index (χ2v) is 10.8. The van der Waals surface area contributed by atoms with E-state index in [0.717, 1.165) is 52.0 Å². The van der Waals surface area contributed by atoms with Gasteiger partial charge in [0.05, 0.1) is 18.1 Å². The van der Waals surface area contributed by atoms with Gasteiger partial charge >= 0.3 is 5.97 Å². The van der Waals surface area contributed by atoms with Gasteiger partial charge in [0, 0.05) is 22.5 Å². The van der Waals surface area contributed by atoms with Crippen LogP contribution in [0.15, 0.2) is 91.0 Å². The lowest BCUT2D eigenvalue weighted by Gasteiger charge is -2.33. The number of esters is 1. The number of hydrogen-bond donors (Lipinski definition) is 1. The zero-order valence-corrected chi connectivity index (χ0v) is 22.8. The van der Waals surface area contributed by atoms with Gasteiger partial charge in [-0.15, -0.1) is 0 Å². The van der Waals surface area contributed by atoms with Crippen LogP contribution in [0.2, 0.25) is 10.0 Å². The first kappa shape index (κ1) is 25.5. The van der Waals surface area contributed by atoms with Gasteiger partial charge < -0.3 is 14.4 Å². The van der Waals surface area contributed by atoms with Gasteiger partial charge in [-0.3, -0.25) is 4.79 Å². The Balaban J connectivity index is 1.62. The number of phenols is 1. The molecule has 0 amide bonds. The van der Waals surface area contributed by atoms with Crippen LogP contribution >= 0.6 is 23.2 Å². The zero-order chi connectivity index (χ0) is 27.1. The SMILES string of the molecule is COC(=O)C(c1ccc(Cl)cc1)(c1ccc(Cl)cc1)c1ccc2nc(C3CC3)n(Cc3cccc(O)c3)c2c1. The smallest absolute Gasteiger partial charge is 0.325 e. The van der Waals surface area contributed by atoms with E-state index in [2.05, 4.69) is 4.57 Å². The Morgan fingerprint density at radius 2 is 1.54 bits per heavy atom. The van der Waals surface area contributed by atoms with Gasteiger partial charge in [-0.05, 0) is 83.6 Å². The molecule has 1 fully saturated rings. The average molecular weight is 557 g/mol. The van der Waals surface area contributed by atoms with Gasteiger partial charge in [-0.25, -0.2) is 4.98 Å². The highest BCUT2D eigenvalue weighted by Crippen LogP contribution is 2.44. The van der Waals surface area contributed by atoms with Gasteiger partial charge in [0.15, 0.2) is 0 Å². The Kier molecular flexibility index (Phi) is 6.57. The van der Waals surface area contributed by atoms with Crippen molar-refractivity contribution in [3.05, 3.63) is 129 Å². The van der Waals surface area contributed by atoms with Gasteiger partial charge in [-0.2, -0.15) is 0 Å². The van der Waals surface area contributed by atoms with Crippen molar-refractivity contribution < 1.29 is 14.6 Å². The van der Waals surface area contributed by atoms with E-state index in [4.69, 9.17) is 32.9 Å². The van der Waals surface area contributed by atoms with E-state index in [1.807, 2.05) is 54.6 Å². The molecule has 39 heavy (non-hydrogen) atoms. The monoisotopic (exact) mass is 556 g/mol. The fourth-order valence-corrected chi connectivity index (χ4v) is 5.69. The second kappa shape index (κ2) is 10.1. The standard InChI is InChI=1S/C32H26Cl2N2O3/c1-39-31(38)32(22-7-12-25(33)13-8-22,23-9-14-26(34)15-10-23)24-11-16-28-29(18-24)36(30(35-28)21-5-6-21)19-20-3-2-4-27(37)17-20/h2-4,7-18,21,37H,5-6,19H2,1H3. The van der Waals surface area contributed by atoms with E-state index in [1.54, 1.807) is 36.4 Å². The van der Waals surface area contributed by atoms with E-state index >= 15 is 0 Å². The van der Waals surface area contributed by atoms with Crippen LogP contribution in [-0.2, 0) is 21.5 Å². The molecular formula is C32H26Cl2N2O3. The van der Waals surface area contributed by atoms with Crippen LogP contribution in [0.5, 0.6) is 5.75 Å². The van der Waals surface area contributed by atoms with Crippen LogP contribution in [0.3, 0.4) is 0 Å². The van der Waals surface area contributed by atoms with Crippen molar-refractivity contribution in [2.75, 3.05) is 7.11 Å². The fraction of sp³-hybridized carbons (Fsp3) is 0.188. The van der Waals surface area contributed by atoms with Crippen LogP contribution in [0.1, 0.15) is 46.8 Å². The number of imidazole rings is 1. The summed E-state index contributed by atoms with van der Waals surface area (Å²) in [6, 6.07) is 27.8. The fourth-order valence-electron chi connectivity index (χ4n) is 5.44. The number of carbonyl (C=O) groups is 1. The van der Waals surface area contributed by atoms with Crippen LogP contribution in [0.4, 0.5) is 0 Å². The van der Waals surface area contributed by atoms with Gasteiger partial charge in [0.25, 0.3) is 0 Å². The molecule has 0 atom stereocenters. The molecule has 1 N–H and O–H groups in total. The number of benzene rings is 4. The van der Waals surface area contributed by atoms with Crippen molar-refractivity contribution >= 4 is 40.2 Å². The molecule has 5 nitrogen and oxygen atoms in total. The largest absolute Gasteiger partial charge is 0.508 e. The van der Waals surface area contributed by atoms with Crippen molar-refractivity contribution in [3.8, 4) is 5.75 Å². The first-order valence-electron chi connectivity index (χ1n) is 12.8. The van der Waals surface area contributed by atoms with Crippen molar-refractivity contribution in [2.24, 2.45) is 0 Å². The van der Waals surface area contributed by atoms with Crippen molar-refractivity contribution in [1.82, 2.24) is 9.55 Å². The summed E-state index contributed by atoms with van der Waals surface area (Å²) in [6.07, 6.45) is 2.19. The highest BCUT2D eigenvalue weighted by atomic mass is 35.5. The number of methoxy groups -OCH3 is 1. The summed E-state index contributed by atoms with van der Waals surface area (Å²) < 4.78 is 7.69. The van der Waals surface area contributed by atoms with E-state index in [0.29, 0.717) is 22.5 Å². The molecule has 6 rings (SSSR count). The molecule has 5 aromatic rings. The summed E-state index contributed by atoms with van der Waals surface area (Å²) in [5.74, 6) is 1.22. The lowest BCUT2D eigenvalue weighted by molar-refractivity contribution is -0.144. The van der Waals surface area contributed by atoms with E-state index in [9.17, 15) is 9.90 Å². The van der Waals surface area contributed by atoms with Crippen LogP contribution in [0.25, 0.3) is 11.0 Å². The maximum absolute atomic E-state index is 13.9. The minimum Gasteiger partial charge on any atom is -0.508 e. The molecule has 1 aliphatic carbocycles. The van der Waals surface area contributed by atoms with Crippen LogP contribution in [0, 0.1) is 0 Å². The number of carbonyl (C=O) groups excluding carboxylic acids is 1. The average Bonchev–Trinajstić information content (AvgIpc) is 3.73. The van der Waals surface area contributed by atoms with Crippen molar-refractivity contribution in [3.63, 3.8) is 0 Å². The van der Waals surface area contributed by atoms with Gasteiger partial charge in [-0.1, -0.05) is 65.7 Å². The number of fused-ring (bicyclic) bond motifs is 1. The van der Waals surface area contributed by atoms with Gasteiger partial charge in [0.2, 0.25) is 0 Å². The zero-order valence-electron chi connectivity index (χ0n) is 21.3. The summed E-state index contributed by atoms with van der Waals surface area (Å²) in [5, 5.41) is 11.2. The lowest BCUT2D eigenvalue weighted by Crippen LogP contribution is -2.39. The topological polar surface area (TPSA) is 64.3 Å². The molecule has 0 radical (unpaired) electrons. The predicted octanol–water partition coefficient (Wildman–Crippen LogP) is 7.48. The number of aromatic hydroxyl groups is 1. The van der Waals surface area contributed by atoms with Crippen molar-refractivity contribution in [2.45, 2.75) is 30.7 Å². The highest BCUT2D eigenvalue weighted by molar-refractivity contribution is 6.30. The Morgan fingerprint density at radius 1 is 0.923 bits per heavy atom. The number of rotatable bonds is 7. The van der Waals surface area contributed by atoms with E-state index in [-0.39, 0.29) is 5.75 Å². The molecule has 196 valence electrons. The predicted molar refractivity (Wildman–Crippen MR) is 154 cm³/mol. The number of nitrogens with zero attached hydrogens (tertiary/aromatic N) is 2. The molecule has 0 aliphatic heterocycles. The summed E-state index contributed by atoms with van der Waals surface area (Å²) >= 11 is 12.5. The Bertz CT molecular complexity index is 1630. The molecule has 0 bridgehead atoms. The number of halogens is 2. The Morgan fingerprint density at radius 3 is 2.10 bits per heavy atom. The third-order valence-corrected chi connectivity index (χ3v) is 7.95. The minimum absolute atomic E-state index is 0.223. The summed E-state index contributed by atoms with van der Waals surface area (Å²) in [7, 11) is 1.40. The van der Waals surface area contributed by atoms with Crippen molar-refractivity contribution in [1.29, 1.82) is 0 Å². The third-order valence-electron chi connectivity index (χ3n) is 7.45. The first-order chi connectivity index (χ1) is 18.9. The molecule has 1 heterocycles. The first-order valence-corrected chi connectivity index (χ1v) is 13.5. The molecule has 0 unspecified atom stereocenters. The quantitative estimate of drug-likeness (QED) is 0.166. The summed E-state index contributed by atoms with van der Waals surface area (Å²) in [4.78, 5) is 18.9. The Hall–Kier alpha value is -3.80. The third kappa shape index (κ3) is 4.56. The van der Waals surface area contributed by atoms with E-state index in [1.165, 1.54) is 7.11 Å². The number of ether oxygens (including phenoxy) is 1. The lowest BCUT2D eigenvalue weighted by atomic mass is 9.69. The van der Waals surface area contributed by atoms with E-state index < -0.39 is 11.4 Å². The number of aromatic nitrogens is 2. The highest BCUT2D eigenvalue weighted by Gasteiger charge is 2.45. The normalized spacial score (nSPS) is 13.5. The second-order valence-electron chi connectivity index (χ2n) is 9.96. The van der Waals surface area contributed by atoms with Crippen LogP contribution in [-0.4, -0.2) is 27.7 Å². The summed E-state index contributed by atoms with van der Waals surface area (Å²) in [6.45, 7) is 0.549. The summed E-state index contributed by atoms with van der Waals surface area (Å²) in [5.41, 5.74) is 3.64. The number of hydrogen-bond acceptors (Lipinski definition) is 4. The molecular weight excluding hydrogens is 531 g/mol. The molecule has 1 saturated carbocycles. The molecule has 7 heteroatoms. The maximum atomic E-state index is 13.9. The number of phenolic OH excluding ortho intramolecular Hbond substituents is 1. The van der Waals surface area contributed by atoms with Crippen LogP contribution < -0.4 is 0 Å². The minimum atomic E-state index is -1.28. The van der Waals surface area contributed by atoms with Gasteiger partial charge in [0.1, 0.15) is 17.0 Å². The molecule has 0 saturated heterocycles. The molecule has 0 spiro atoms. The molecule has 1 aliphatic rings. The molecule has 4 aromatic carbocycles. The maximum Gasteiger partial charge on any atom is 0.325 e. The Labute approximate surface area is 236 Å². The molecule has 1 aromatic heterocycles.